The maximum Gasteiger partial charge on any atom is 0.130 e. The molecular formula is C16H20N4O. The largest absolute Gasteiger partial charge is 0.395 e. The standard InChI is InChI=1S/C16H20N4O/c17-16(18)13-10-15(19-14-7-2-1-6-12(13)14)20(8-9-21)11-4-3-5-11/h1-2,6-7,10-11,21H,3-5,8-9H2,(H3,17,18). The minimum absolute atomic E-state index is 0.0485. The summed E-state index contributed by atoms with van der Waals surface area (Å²) in [4.78, 5) is 6.84. The highest BCUT2D eigenvalue weighted by molar-refractivity contribution is 6.07. The van der Waals surface area contributed by atoms with Crippen molar-refractivity contribution >= 4 is 22.6 Å². The van der Waals surface area contributed by atoms with Gasteiger partial charge in [0.25, 0.3) is 0 Å². The van der Waals surface area contributed by atoms with Gasteiger partial charge >= 0.3 is 0 Å². The summed E-state index contributed by atoms with van der Waals surface area (Å²) in [6.07, 6.45) is 3.48. The number of pyridine rings is 1. The maximum absolute atomic E-state index is 9.32. The highest BCUT2D eigenvalue weighted by atomic mass is 16.3. The molecule has 0 saturated heterocycles. The number of nitrogens with zero attached hydrogens (tertiary/aromatic N) is 2. The lowest BCUT2D eigenvalue weighted by Crippen LogP contribution is -2.42. The van der Waals surface area contributed by atoms with Gasteiger partial charge in [0.2, 0.25) is 0 Å². The Balaban J connectivity index is 2.10. The molecule has 1 aromatic heterocycles. The lowest BCUT2D eigenvalue weighted by Gasteiger charge is -2.38. The molecule has 0 bridgehead atoms. The number of aromatic nitrogens is 1. The van der Waals surface area contributed by atoms with Crippen molar-refractivity contribution < 1.29 is 5.11 Å². The molecule has 0 atom stereocenters. The Morgan fingerprint density at radius 1 is 1.38 bits per heavy atom. The number of nitrogens with one attached hydrogen (secondary N) is 1. The molecule has 110 valence electrons. The number of nitrogens with two attached hydrogens (primary N) is 1. The van der Waals surface area contributed by atoms with E-state index in [0.29, 0.717) is 18.2 Å². The van der Waals surface area contributed by atoms with Crippen LogP contribution in [0.5, 0.6) is 0 Å². The quantitative estimate of drug-likeness (QED) is 0.578. The monoisotopic (exact) mass is 284 g/mol. The number of hydrogen-bond acceptors (Lipinski definition) is 4. The highest BCUT2D eigenvalue weighted by Gasteiger charge is 2.26. The second-order valence-electron chi connectivity index (χ2n) is 5.46. The Hall–Kier alpha value is -2.14. The predicted octanol–water partition coefficient (Wildman–Crippen LogP) is 1.87. The summed E-state index contributed by atoms with van der Waals surface area (Å²) >= 11 is 0. The molecule has 1 aliphatic carbocycles. The van der Waals surface area contributed by atoms with Crippen LogP contribution in [0.25, 0.3) is 10.9 Å². The predicted molar refractivity (Wildman–Crippen MR) is 84.8 cm³/mol. The molecule has 0 aliphatic heterocycles. The molecule has 1 heterocycles. The Labute approximate surface area is 123 Å². The van der Waals surface area contributed by atoms with Gasteiger partial charge in [0.15, 0.2) is 0 Å². The van der Waals surface area contributed by atoms with E-state index in [1.807, 2.05) is 30.3 Å². The van der Waals surface area contributed by atoms with Crippen molar-refractivity contribution in [3.8, 4) is 0 Å². The Morgan fingerprint density at radius 3 is 2.76 bits per heavy atom. The second-order valence-corrected chi connectivity index (χ2v) is 5.46. The smallest absolute Gasteiger partial charge is 0.130 e. The molecule has 0 spiro atoms. The number of benzene rings is 1. The molecule has 0 amide bonds. The second kappa shape index (κ2) is 5.69. The van der Waals surface area contributed by atoms with Crippen molar-refractivity contribution in [1.29, 1.82) is 5.41 Å². The number of hydrogen-bond donors (Lipinski definition) is 3. The number of rotatable bonds is 5. The first-order chi connectivity index (χ1) is 10.2. The summed E-state index contributed by atoms with van der Waals surface area (Å²) in [7, 11) is 0. The molecule has 1 fully saturated rings. The molecule has 1 aromatic carbocycles. The first-order valence-electron chi connectivity index (χ1n) is 7.32. The van der Waals surface area contributed by atoms with Crippen LogP contribution in [-0.4, -0.2) is 35.1 Å². The Morgan fingerprint density at radius 2 is 2.14 bits per heavy atom. The average molecular weight is 284 g/mol. The van der Waals surface area contributed by atoms with Gasteiger partial charge < -0.3 is 15.7 Å². The summed E-state index contributed by atoms with van der Waals surface area (Å²) in [5.74, 6) is 0.852. The number of anilines is 1. The fraction of sp³-hybridized carbons (Fsp3) is 0.375. The summed E-state index contributed by atoms with van der Waals surface area (Å²) in [6.45, 7) is 0.660. The highest BCUT2D eigenvalue weighted by Crippen LogP contribution is 2.30. The van der Waals surface area contributed by atoms with Gasteiger partial charge in [-0.05, 0) is 31.4 Å². The molecule has 5 nitrogen and oxygen atoms in total. The molecule has 2 aromatic rings. The fourth-order valence-electron chi connectivity index (χ4n) is 2.82. The van der Waals surface area contributed by atoms with Crippen LogP contribution in [0.3, 0.4) is 0 Å². The van der Waals surface area contributed by atoms with Crippen LogP contribution < -0.4 is 10.6 Å². The van der Waals surface area contributed by atoms with E-state index in [0.717, 1.165) is 29.6 Å². The van der Waals surface area contributed by atoms with E-state index in [9.17, 15) is 5.11 Å². The van der Waals surface area contributed by atoms with Crippen molar-refractivity contribution in [2.45, 2.75) is 25.3 Å². The normalized spacial score (nSPS) is 14.9. The van der Waals surface area contributed by atoms with Gasteiger partial charge in [-0.3, -0.25) is 5.41 Å². The number of aliphatic hydroxyl groups excluding tert-OH is 1. The van der Waals surface area contributed by atoms with E-state index in [-0.39, 0.29) is 12.4 Å². The summed E-state index contributed by atoms with van der Waals surface area (Å²) in [5, 5.41) is 18.0. The molecule has 21 heavy (non-hydrogen) atoms. The van der Waals surface area contributed by atoms with Crippen molar-refractivity contribution in [2.24, 2.45) is 5.73 Å². The zero-order valence-electron chi connectivity index (χ0n) is 11.9. The fourth-order valence-corrected chi connectivity index (χ4v) is 2.82. The zero-order chi connectivity index (χ0) is 14.8. The molecule has 5 heteroatoms. The van der Waals surface area contributed by atoms with Crippen molar-refractivity contribution in [1.82, 2.24) is 4.98 Å². The van der Waals surface area contributed by atoms with Crippen LogP contribution in [0.2, 0.25) is 0 Å². The minimum atomic E-state index is 0.0485. The first kappa shape index (κ1) is 13.8. The number of nitrogen functional groups attached to an aromatic ring is 1. The van der Waals surface area contributed by atoms with Gasteiger partial charge in [-0.2, -0.15) is 0 Å². The molecule has 0 unspecified atom stereocenters. The zero-order valence-corrected chi connectivity index (χ0v) is 11.9. The van der Waals surface area contributed by atoms with Gasteiger partial charge in [-0.25, -0.2) is 4.98 Å². The van der Waals surface area contributed by atoms with Gasteiger partial charge in [0.05, 0.1) is 12.1 Å². The molecule has 4 N–H and O–H groups in total. The van der Waals surface area contributed by atoms with Crippen LogP contribution in [-0.2, 0) is 0 Å². The van der Waals surface area contributed by atoms with E-state index < -0.39 is 0 Å². The molecule has 0 radical (unpaired) electrons. The van der Waals surface area contributed by atoms with E-state index in [1.165, 1.54) is 6.42 Å². The maximum atomic E-state index is 9.32. The van der Waals surface area contributed by atoms with Gasteiger partial charge in [-0.1, -0.05) is 18.2 Å². The summed E-state index contributed by atoms with van der Waals surface area (Å²) in [6, 6.07) is 10.0. The first-order valence-corrected chi connectivity index (χ1v) is 7.32. The lowest BCUT2D eigenvalue weighted by molar-refractivity contribution is 0.283. The summed E-state index contributed by atoms with van der Waals surface area (Å²) < 4.78 is 0. The van der Waals surface area contributed by atoms with Crippen molar-refractivity contribution in [2.75, 3.05) is 18.1 Å². The number of aliphatic hydroxyl groups is 1. The number of amidine groups is 1. The number of para-hydroxylation sites is 1. The van der Waals surface area contributed by atoms with Crippen LogP contribution in [0.1, 0.15) is 24.8 Å². The van der Waals surface area contributed by atoms with Crippen molar-refractivity contribution in [3.63, 3.8) is 0 Å². The molecule has 3 rings (SSSR count). The van der Waals surface area contributed by atoms with Crippen LogP contribution in [0.4, 0.5) is 5.82 Å². The van der Waals surface area contributed by atoms with Crippen molar-refractivity contribution in [3.05, 3.63) is 35.9 Å². The van der Waals surface area contributed by atoms with E-state index >= 15 is 0 Å². The van der Waals surface area contributed by atoms with Gasteiger partial charge in [0.1, 0.15) is 11.7 Å². The van der Waals surface area contributed by atoms with Crippen LogP contribution in [0, 0.1) is 5.41 Å². The molecule has 1 aliphatic rings. The Kier molecular flexibility index (Phi) is 3.75. The summed E-state index contributed by atoms with van der Waals surface area (Å²) in [5.41, 5.74) is 7.28. The minimum Gasteiger partial charge on any atom is -0.395 e. The topological polar surface area (TPSA) is 86.2 Å². The van der Waals surface area contributed by atoms with Gasteiger partial charge in [0, 0.05) is 23.5 Å². The third-order valence-electron chi connectivity index (χ3n) is 4.14. The van der Waals surface area contributed by atoms with Crippen LogP contribution >= 0.6 is 0 Å². The average Bonchev–Trinajstić information content (AvgIpc) is 2.43. The van der Waals surface area contributed by atoms with Gasteiger partial charge in [-0.15, -0.1) is 0 Å². The third-order valence-corrected chi connectivity index (χ3v) is 4.14. The number of fused-ring (bicyclic) bond motifs is 1. The van der Waals surface area contributed by atoms with E-state index in [4.69, 9.17) is 16.1 Å². The van der Waals surface area contributed by atoms with Crippen LogP contribution in [0.15, 0.2) is 30.3 Å². The van der Waals surface area contributed by atoms with E-state index in [1.54, 1.807) is 0 Å². The van der Waals surface area contributed by atoms with E-state index in [2.05, 4.69) is 4.90 Å². The molecular weight excluding hydrogens is 264 g/mol. The molecule has 1 saturated carbocycles. The lowest BCUT2D eigenvalue weighted by atomic mass is 9.91. The Bertz CT molecular complexity index is 666. The third kappa shape index (κ3) is 2.56. The SMILES string of the molecule is N=C(N)c1cc(N(CCO)C2CCC2)nc2ccccc12.